The van der Waals surface area contributed by atoms with Crippen molar-refractivity contribution in [2.45, 2.75) is 52.6 Å². The fraction of sp³-hybridized carbons (Fsp3) is 0.917. The van der Waals surface area contributed by atoms with Crippen molar-refractivity contribution in [3.05, 3.63) is 0 Å². The summed E-state index contributed by atoms with van der Waals surface area (Å²) in [5, 5.41) is 2.91. The minimum Gasteiger partial charge on any atom is -0.352 e. The maximum absolute atomic E-state index is 11.3. The third-order valence-corrected chi connectivity index (χ3v) is 2.81. The van der Waals surface area contributed by atoms with Gasteiger partial charge in [-0.05, 0) is 46.3 Å². The Labute approximate surface area is 99.6 Å². The number of amides is 1. The summed E-state index contributed by atoms with van der Waals surface area (Å²) >= 11 is 0. The van der Waals surface area contributed by atoms with Gasteiger partial charge in [-0.15, -0.1) is 0 Å². The van der Waals surface area contributed by atoms with Gasteiger partial charge in [0.1, 0.15) is 0 Å². The van der Waals surface area contributed by atoms with Crippen LogP contribution in [0.3, 0.4) is 0 Å². The van der Waals surface area contributed by atoms with E-state index in [0.717, 1.165) is 32.5 Å². The van der Waals surface area contributed by atoms with Crippen LogP contribution in [-0.4, -0.2) is 42.5 Å². The monoisotopic (exact) mass is 229 g/mol. The number of rotatable bonds is 8. The SMILES string of the molecule is CCN(CC)CCCC(C)NC(=O)[C@@H](C)N. The van der Waals surface area contributed by atoms with Crippen LogP contribution in [0.1, 0.15) is 40.5 Å². The van der Waals surface area contributed by atoms with E-state index in [1.807, 2.05) is 6.92 Å². The van der Waals surface area contributed by atoms with Crippen LogP contribution in [0.25, 0.3) is 0 Å². The second kappa shape index (κ2) is 8.53. The molecule has 0 aromatic rings. The van der Waals surface area contributed by atoms with Crippen LogP contribution in [0.2, 0.25) is 0 Å². The molecular formula is C12H27N3O. The number of nitrogens with one attached hydrogen (secondary N) is 1. The predicted molar refractivity (Wildman–Crippen MR) is 68.3 cm³/mol. The molecule has 0 aliphatic carbocycles. The van der Waals surface area contributed by atoms with Gasteiger partial charge in [0.05, 0.1) is 6.04 Å². The standard InChI is InChI=1S/C12H27N3O/c1-5-15(6-2)9-7-8-10(3)14-12(16)11(4)13/h10-11H,5-9,13H2,1-4H3,(H,14,16)/t10?,11-/m1/s1. The molecule has 2 atom stereocenters. The highest BCUT2D eigenvalue weighted by Crippen LogP contribution is 1.99. The quantitative estimate of drug-likeness (QED) is 0.652. The van der Waals surface area contributed by atoms with E-state index < -0.39 is 6.04 Å². The second-order valence-electron chi connectivity index (χ2n) is 4.37. The van der Waals surface area contributed by atoms with E-state index in [-0.39, 0.29) is 11.9 Å². The highest BCUT2D eigenvalue weighted by atomic mass is 16.2. The Bertz CT molecular complexity index is 191. The molecule has 0 bridgehead atoms. The Morgan fingerprint density at radius 1 is 1.31 bits per heavy atom. The zero-order valence-corrected chi connectivity index (χ0v) is 11.1. The molecule has 16 heavy (non-hydrogen) atoms. The van der Waals surface area contributed by atoms with Crippen molar-refractivity contribution in [2.75, 3.05) is 19.6 Å². The summed E-state index contributed by atoms with van der Waals surface area (Å²) in [7, 11) is 0. The third-order valence-electron chi connectivity index (χ3n) is 2.81. The molecule has 96 valence electrons. The minimum absolute atomic E-state index is 0.0599. The fourth-order valence-electron chi connectivity index (χ4n) is 1.61. The van der Waals surface area contributed by atoms with Gasteiger partial charge < -0.3 is 16.0 Å². The van der Waals surface area contributed by atoms with Gasteiger partial charge >= 0.3 is 0 Å². The summed E-state index contributed by atoms with van der Waals surface area (Å²) in [4.78, 5) is 13.7. The van der Waals surface area contributed by atoms with Gasteiger partial charge in [-0.1, -0.05) is 13.8 Å². The molecule has 3 N–H and O–H groups in total. The number of nitrogens with zero attached hydrogens (tertiary/aromatic N) is 1. The van der Waals surface area contributed by atoms with Crippen molar-refractivity contribution >= 4 is 5.91 Å². The van der Waals surface area contributed by atoms with Gasteiger partial charge in [-0.2, -0.15) is 0 Å². The molecule has 0 saturated heterocycles. The van der Waals surface area contributed by atoms with Crippen molar-refractivity contribution in [2.24, 2.45) is 5.73 Å². The van der Waals surface area contributed by atoms with Crippen molar-refractivity contribution in [3.8, 4) is 0 Å². The molecule has 0 fully saturated rings. The van der Waals surface area contributed by atoms with Gasteiger partial charge in [-0.25, -0.2) is 0 Å². The zero-order valence-electron chi connectivity index (χ0n) is 11.1. The van der Waals surface area contributed by atoms with Gasteiger partial charge in [0.2, 0.25) is 5.91 Å². The first-order valence-corrected chi connectivity index (χ1v) is 6.29. The average molecular weight is 229 g/mol. The Hall–Kier alpha value is -0.610. The fourth-order valence-corrected chi connectivity index (χ4v) is 1.61. The van der Waals surface area contributed by atoms with E-state index in [1.54, 1.807) is 6.92 Å². The molecular weight excluding hydrogens is 202 g/mol. The number of carbonyl (C=O) groups is 1. The van der Waals surface area contributed by atoms with Crippen LogP contribution in [0.15, 0.2) is 0 Å². The van der Waals surface area contributed by atoms with Gasteiger partial charge in [-0.3, -0.25) is 4.79 Å². The largest absolute Gasteiger partial charge is 0.352 e. The van der Waals surface area contributed by atoms with Crippen molar-refractivity contribution < 1.29 is 4.79 Å². The summed E-state index contributed by atoms with van der Waals surface area (Å²) in [6, 6.07) is -0.195. The smallest absolute Gasteiger partial charge is 0.236 e. The highest BCUT2D eigenvalue weighted by molar-refractivity contribution is 5.81. The molecule has 0 aromatic heterocycles. The van der Waals surface area contributed by atoms with Crippen LogP contribution in [-0.2, 0) is 4.79 Å². The third kappa shape index (κ3) is 6.80. The molecule has 0 saturated carbocycles. The van der Waals surface area contributed by atoms with Crippen molar-refractivity contribution in [3.63, 3.8) is 0 Å². The number of nitrogens with two attached hydrogens (primary N) is 1. The lowest BCUT2D eigenvalue weighted by Gasteiger charge is -2.20. The van der Waals surface area contributed by atoms with Gasteiger partial charge in [0, 0.05) is 6.04 Å². The van der Waals surface area contributed by atoms with E-state index in [1.165, 1.54) is 0 Å². The maximum atomic E-state index is 11.3. The first-order valence-electron chi connectivity index (χ1n) is 6.29. The summed E-state index contributed by atoms with van der Waals surface area (Å²) in [6.45, 7) is 11.4. The molecule has 1 amide bonds. The summed E-state index contributed by atoms with van der Waals surface area (Å²) < 4.78 is 0. The molecule has 0 aliphatic rings. The van der Waals surface area contributed by atoms with E-state index in [2.05, 4.69) is 24.1 Å². The Morgan fingerprint density at radius 2 is 1.88 bits per heavy atom. The molecule has 4 nitrogen and oxygen atoms in total. The lowest BCUT2D eigenvalue weighted by atomic mass is 10.1. The number of hydrogen-bond donors (Lipinski definition) is 2. The van der Waals surface area contributed by atoms with E-state index >= 15 is 0 Å². The summed E-state index contributed by atoms with van der Waals surface area (Å²) in [6.07, 6.45) is 2.12. The molecule has 0 aliphatic heterocycles. The second-order valence-corrected chi connectivity index (χ2v) is 4.37. The molecule has 0 aromatic carbocycles. The number of hydrogen-bond acceptors (Lipinski definition) is 3. The molecule has 4 heteroatoms. The topological polar surface area (TPSA) is 58.4 Å². The van der Waals surface area contributed by atoms with Crippen LogP contribution in [0, 0.1) is 0 Å². The van der Waals surface area contributed by atoms with Crippen LogP contribution < -0.4 is 11.1 Å². The van der Waals surface area contributed by atoms with Crippen molar-refractivity contribution in [1.29, 1.82) is 0 Å². The van der Waals surface area contributed by atoms with E-state index in [4.69, 9.17) is 5.73 Å². The first kappa shape index (κ1) is 15.4. The molecule has 0 rings (SSSR count). The Kier molecular flexibility index (Phi) is 8.21. The molecule has 1 unspecified atom stereocenters. The van der Waals surface area contributed by atoms with Gasteiger partial charge in [0.15, 0.2) is 0 Å². The lowest BCUT2D eigenvalue weighted by Crippen LogP contribution is -2.42. The first-order chi connectivity index (χ1) is 7.51. The Morgan fingerprint density at radius 3 is 2.31 bits per heavy atom. The zero-order chi connectivity index (χ0) is 12.6. The molecule has 0 radical (unpaired) electrons. The van der Waals surface area contributed by atoms with E-state index in [0.29, 0.717) is 0 Å². The normalized spacial score (nSPS) is 14.9. The van der Waals surface area contributed by atoms with Crippen LogP contribution in [0.5, 0.6) is 0 Å². The minimum atomic E-state index is -0.412. The highest BCUT2D eigenvalue weighted by Gasteiger charge is 2.10. The van der Waals surface area contributed by atoms with Crippen LogP contribution >= 0.6 is 0 Å². The lowest BCUT2D eigenvalue weighted by molar-refractivity contribution is -0.122. The Balaban J connectivity index is 3.65. The maximum Gasteiger partial charge on any atom is 0.236 e. The molecule has 0 spiro atoms. The van der Waals surface area contributed by atoms with Crippen molar-refractivity contribution in [1.82, 2.24) is 10.2 Å². The van der Waals surface area contributed by atoms with Crippen LogP contribution in [0.4, 0.5) is 0 Å². The summed E-state index contributed by atoms with van der Waals surface area (Å²) in [5.74, 6) is -0.0599. The molecule has 0 heterocycles. The predicted octanol–water partition coefficient (Wildman–Crippen LogP) is 0.960. The summed E-state index contributed by atoms with van der Waals surface area (Å²) in [5.41, 5.74) is 5.48. The van der Waals surface area contributed by atoms with Gasteiger partial charge in [0.25, 0.3) is 0 Å². The average Bonchev–Trinajstić information content (AvgIpc) is 2.24. The number of carbonyl (C=O) groups excluding carboxylic acids is 1. The van der Waals surface area contributed by atoms with E-state index in [9.17, 15) is 4.79 Å².